The molecule has 0 aliphatic heterocycles. The summed E-state index contributed by atoms with van der Waals surface area (Å²) in [5.74, 6) is 0.264. The summed E-state index contributed by atoms with van der Waals surface area (Å²) in [5.41, 5.74) is 0. The molecule has 2 aromatic rings. The summed E-state index contributed by atoms with van der Waals surface area (Å²) < 4.78 is -3.11. The molecule has 0 saturated carbocycles. The third-order valence-electron chi connectivity index (χ3n) is 1.49. The van der Waals surface area contributed by atoms with E-state index in [-0.39, 0.29) is 11.6 Å². The van der Waals surface area contributed by atoms with Gasteiger partial charge in [-0.3, -0.25) is 0 Å². The van der Waals surface area contributed by atoms with Crippen LogP contribution in [0.5, 0.6) is 0 Å². The Hall–Kier alpha value is -0.240. The molecule has 0 amide bonds. The first-order valence-electron chi connectivity index (χ1n) is 4.59. The Morgan fingerprint density at radius 1 is 0.550 bits per heavy atom. The van der Waals surface area contributed by atoms with Gasteiger partial charge in [0.15, 0.2) is 11.6 Å². The highest BCUT2D eigenvalue weighted by atomic mass is 35.6. The molecule has 108 valence electrons. The predicted molar refractivity (Wildman–Crippen MR) is 78.1 cm³/mol. The molecule has 0 aliphatic rings. The molecule has 2 rings (SSSR count). The number of alkyl halides is 6. The molecule has 0 fully saturated rings. The van der Waals surface area contributed by atoms with Crippen LogP contribution >= 0.6 is 69.6 Å². The van der Waals surface area contributed by atoms with Crippen molar-refractivity contribution in [1.29, 1.82) is 0 Å². The number of nitrogens with zero attached hydrogens (tertiary/aromatic N) is 6. The van der Waals surface area contributed by atoms with Crippen molar-refractivity contribution in [3.8, 4) is 0 Å². The molecular formula is C8H4Cl6N6. The lowest BCUT2D eigenvalue weighted by Gasteiger charge is -2.05. The standard InChI is InChI=1S/2C4H2Cl3N3/c2*5-4(6,7)3-9-1-8-2-10-3/h2*1-2H. The molecule has 12 heteroatoms. The molecule has 0 bridgehead atoms. The Labute approximate surface area is 143 Å². The first-order chi connectivity index (χ1) is 9.21. The summed E-state index contributed by atoms with van der Waals surface area (Å²) in [4.78, 5) is 21.6. The first kappa shape index (κ1) is 17.8. The highest BCUT2D eigenvalue weighted by Gasteiger charge is 2.26. The summed E-state index contributed by atoms with van der Waals surface area (Å²) >= 11 is 32.6. The molecule has 2 heterocycles. The zero-order valence-corrected chi connectivity index (χ0v) is 13.8. The predicted octanol–water partition coefficient (Wildman–Crippen LogP) is 3.40. The van der Waals surface area contributed by atoms with E-state index in [1.165, 1.54) is 25.3 Å². The van der Waals surface area contributed by atoms with Crippen molar-refractivity contribution in [1.82, 2.24) is 29.9 Å². The second kappa shape index (κ2) is 7.68. The monoisotopic (exact) mass is 394 g/mol. The number of halogens is 6. The second-order valence-corrected chi connectivity index (χ2v) is 7.48. The summed E-state index contributed by atoms with van der Waals surface area (Å²) in [6.07, 6.45) is 5.07. The van der Waals surface area contributed by atoms with E-state index in [1.807, 2.05) is 0 Å². The molecule has 0 aliphatic carbocycles. The summed E-state index contributed by atoms with van der Waals surface area (Å²) in [6.45, 7) is 0. The van der Waals surface area contributed by atoms with Crippen molar-refractivity contribution < 1.29 is 0 Å². The van der Waals surface area contributed by atoms with Crippen LogP contribution in [0.4, 0.5) is 0 Å². The molecule has 0 aromatic carbocycles. The van der Waals surface area contributed by atoms with Gasteiger partial charge in [0.25, 0.3) is 0 Å². The van der Waals surface area contributed by atoms with Crippen LogP contribution in [0.3, 0.4) is 0 Å². The molecule has 0 saturated heterocycles. The number of hydrogen-bond acceptors (Lipinski definition) is 6. The van der Waals surface area contributed by atoms with E-state index >= 15 is 0 Å². The van der Waals surface area contributed by atoms with Gasteiger partial charge in [0.1, 0.15) is 25.3 Å². The van der Waals surface area contributed by atoms with E-state index in [2.05, 4.69) is 29.9 Å². The van der Waals surface area contributed by atoms with Crippen molar-refractivity contribution in [2.75, 3.05) is 0 Å². The molecular weight excluding hydrogens is 393 g/mol. The van der Waals surface area contributed by atoms with E-state index in [0.29, 0.717) is 0 Å². The summed E-state index contributed by atoms with van der Waals surface area (Å²) in [6, 6.07) is 0. The van der Waals surface area contributed by atoms with Gasteiger partial charge >= 0.3 is 0 Å². The number of aromatic nitrogens is 6. The van der Waals surface area contributed by atoms with Gasteiger partial charge in [-0.15, -0.1) is 0 Å². The molecule has 0 N–H and O–H groups in total. The Morgan fingerprint density at radius 3 is 0.950 bits per heavy atom. The van der Waals surface area contributed by atoms with Gasteiger partial charge in [-0.2, -0.15) is 0 Å². The highest BCUT2D eigenvalue weighted by molar-refractivity contribution is 6.66. The van der Waals surface area contributed by atoms with E-state index in [1.54, 1.807) is 0 Å². The Balaban J connectivity index is 0.000000200. The fraction of sp³-hybridized carbons (Fsp3) is 0.250. The van der Waals surface area contributed by atoms with Gasteiger partial charge in [0, 0.05) is 0 Å². The van der Waals surface area contributed by atoms with Crippen LogP contribution in [-0.4, -0.2) is 29.9 Å². The second-order valence-electron chi connectivity index (χ2n) is 2.92. The lowest BCUT2D eigenvalue weighted by atomic mass is 10.7. The molecule has 2 aromatic heterocycles. The Morgan fingerprint density at radius 2 is 0.800 bits per heavy atom. The van der Waals surface area contributed by atoms with E-state index in [4.69, 9.17) is 69.6 Å². The number of rotatable bonds is 0. The van der Waals surface area contributed by atoms with Gasteiger partial charge < -0.3 is 0 Å². The summed E-state index contributed by atoms with van der Waals surface area (Å²) in [7, 11) is 0. The fourth-order valence-electron chi connectivity index (χ4n) is 0.771. The fourth-order valence-corrected chi connectivity index (χ4v) is 1.36. The van der Waals surface area contributed by atoms with Crippen LogP contribution in [0.25, 0.3) is 0 Å². The lowest BCUT2D eigenvalue weighted by molar-refractivity contribution is 0.916. The van der Waals surface area contributed by atoms with Crippen molar-refractivity contribution in [2.24, 2.45) is 0 Å². The Bertz CT molecular complexity index is 463. The summed E-state index contributed by atoms with van der Waals surface area (Å²) in [5, 5.41) is 0. The topological polar surface area (TPSA) is 77.3 Å². The van der Waals surface area contributed by atoms with Crippen molar-refractivity contribution >= 4 is 69.6 Å². The first-order valence-corrected chi connectivity index (χ1v) is 6.86. The molecule has 20 heavy (non-hydrogen) atoms. The minimum absolute atomic E-state index is 0.132. The van der Waals surface area contributed by atoms with E-state index in [0.717, 1.165) is 0 Å². The highest BCUT2D eigenvalue weighted by Crippen LogP contribution is 2.35. The van der Waals surface area contributed by atoms with E-state index < -0.39 is 7.59 Å². The minimum Gasteiger partial charge on any atom is -0.225 e. The zero-order valence-electron chi connectivity index (χ0n) is 9.26. The molecule has 0 radical (unpaired) electrons. The van der Waals surface area contributed by atoms with Crippen molar-refractivity contribution in [3.05, 3.63) is 37.0 Å². The maximum atomic E-state index is 5.44. The van der Waals surface area contributed by atoms with Crippen LogP contribution in [0.2, 0.25) is 0 Å². The Kier molecular flexibility index (Phi) is 6.84. The van der Waals surface area contributed by atoms with Crippen molar-refractivity contribution in [2.45, 2.75) is 7.59 Å². The maximum absolute atomic E-state index is 5.44. The maximum Gasteiger partial charge on any atom is 0.250 e. The minimum atomic E-state index is -1.55. The van der Waals surface area contributed by atoms with E-state index in [9.17, 15) is 0 Å². The normalized spacial score (nSPS) is 11.5. The SMILES string of the molecule is ClC(Cl)(Cl)c1ncncn1.ClC(Cl)(Cl)c1ncncn1. The number of hydrogen-bond donors (Lipinski definition) is 0. The van der Waals surface area contributed by atoms with Crippen LogP contribution in [0, 0.1) is 0 Å². The molecule has 0 spiro atoms. The molecule has 0 atom stereocenters. The smallest absolute Gasteiger partial charge is 0.225 e. The third kappa shape index (κ3) is 6.47. The third-order valence-corrected chi connectivity index (χ3v) is 2.51. The van der Waals surface area contributed by atoms with Crippen LogP contribution in [-0.2, 0) is 7.59 Å². The van der Waals surface area contributed by atoms with Gasteiger partial charge in [-0.05, 0) is 0 Å². The van der Waals surface area contributed by atoms with Crippen LogP contribution < -0.4 is 0 Å². The average molecular weight is 397 g/mol. The van der Waals surface area contributed by atoms with Crippen molar-refractivity contribution in [3.63, 3.8) is 0 Å². The lowest BCUT2D eigenvalue weighted by Crippen LogP contribution is -2.06. The van der Waals surface area contributed by atoms with Crippen LogP contribution in [0.1, 0.15) is 11.6 Å². The van der Waals surface area contributed by atoms with Crippen LogP contribution in [0.15, 0.2) is 25.3 Å². The zero-order chi connectivity index (χ0) is 15.2. The molecule has 0 unspecified atom stereocenters. The van der Waals surface area contributed by atoms with Gasteiger partial charge in [0.05, 0.1) is 0 Å². The van der Waals surface area contributed by atoms with Gasteiger partial charge in [0.2, 0.25) is 7.59 Å². The average Bonchev–Trinajstić information content (AvgIpc) is 2.40. The quantitative estimate of drug-likeness (QED) is 0.635. The molecule has 6 nitrogen and oxygen atoms in total. The van der Waals surface area contributed by atoms with Gasteiger partial charge in [-0.1, -0.05) is 69.6 Å². The largest absolute Gasteiger partial charge is 0.250 e. The van der Waals surface area contributed by atoms with Gasteiger partial charge in [-0.25, -0.2) is 29.9 Å².